The number of benzene rings is 2. The highest BCUT2D eigenvalue weighted by atomic mass is 35.5. The number of thiophene rings is 1. The maximum Gasteiger partial charge on any atom is 0.202 e. The van der Waals surface area contributed by atoms with Gasteiger partial charge in [-0.25, -0.2) is 4.98 Å². The predicted molar refractivity (Wildman–Crippen MR) is 102 cm³/mol. The minimum atomic E-state index is 0.734. The van der Waals surface area contributed by atoms with Gasteiger partial charge in [0.05, 0.1) is 10.7 Å². The van der Waals surface area contributed by atoms with Crippen LogP contribution < -0.4 is 10.9 Å². The lowest BCUT2D eigenvalue weighted by molar-refractivity contribution is 1.34. The highest BCUT2D eigenvalue weighted by Crippen LogP contribution is 2.39. The number of hydrazine groups is 1. The zero-order valence-electron chi connectivity index (χ0n) is 11.9. The standard InChI is InChI=1S/C17H12ClN3S2/c18-15-12-8-4-5-9-14(12)23-16(15)20-21-17-19-13(10-22-17)11-6-2-1-3-7-11/h1-10,20H,(H,19,21). The van der Waals surface area contributed by atoms with Crippen molar-refractivity contribution in [3.8, 4) is 11.3 Å². The molecule has 4 rings (SSSR count). The zero-order chi connectivity index (χ0) is 15.6. The predicted octanol–water partition coefficient (Wildman–Crippen LogP) is 6.12. The van der Waals surface area contributed by atoms with Gasteiger partial charge in [0.1, 0.15) is 5.00 Å². The fraction of sp³-hybridized carbons (Fsp3) is 0. The normalized spacial score (nSPS) is 10.8. The van der Waals surface area contributed by atoms with E-state index >= 15 is 0 Å². The summed E-state index contributed by atoms with van der Waals surface area (Å²) in [4.78, 5) is 4.59. The van der Waals surface area contributed by atoms with Crippen LogP contribution in [-0.2, 0) is 0 Å². The summed E-state index contributed by atoms with van der Waals surface area (Å²) in [5, 5.41) is 5.53. The van der Waals surface area contributed by atoms with Crippen molar-refractivity contribution in [2.24, 2.45) is 0 Å². The van der Waals surface area contributed by atoms with Crippen LogP contribution in [0.3, 0.4) is 0 Å². The van der Waals surface area contributed by atoms with Crippen LogP contribution in [0.5, 0.6) is 0 Å². The quantitative estimate of drug-likeness (QED) is 0.432. The van der Waals surface area contributed by atoms with E-state index in [0.717, 1.165) is 36.5 Å². The van der Waals surface area contributed by atoms with Crippen molar-refractivity contribution in [2.75, 3.05) is 10.9 Å². The summed E-state index contributed by atoms with van der Waals surface area (Å²) < 4.78 is 1.16. The van der Waals surface area contributed by atoms with Crippen molar-refractivity contribution in [3.63, 3.8) is 0 Å². The molecule has 0 atom stereocenters. The summed E-state index contributed by atoms with van der Waals surface area (Å²) in [6, 6.07) is 18.2. The smallest absolute Gasteiger partial charge is 0.202 e. The first-order chi connectivity index (χ1) is 11.3. The second-order valence-electron chi connectivity index (χ2n) is 4.90. The van der Waals surface area contributed by atoms with Crippen LogP contribution in [0.25, 0.3) is 21.3 Å². The number of anilines is 2. The summed E-state index contributed by atoms with van der Waals surface area (Å²) in [5.41, 5.74) is 8.37. The molecule has 2 heterocycles. The Morgan fingerprint density at radius 1 is 0.913 bits per heavy atom. The van der Waals surface area contributed by atoms with Crippen LogP contribution in [0.1, 0.15) is 0 Å². The van der Waals surface area contributed by atoms with Crippen LogP contribution >= 0.6 is 34.3 Å². The molecule has 0 unspecified atom stereocenters. The number of halogens is 1. The van der Waals surface area contributed by atoms with Gasteiger partial charge in [0, 0.05) is 21.0 Å². The van der Waals surface area contributed by atoms with Gasteiger partial charge in [-0.15, -0.1) is 22.7 Å². The van der Waals surface area contributed by atoms with Gasteiger partial charge in [-0.3, -0.25) is 10.9 Å². The first kappa shape index (κ1) is 14.5. The first-order valence-corrected chi connectivity index (χ1v) is 9.09. The molecule has 0 aliphatic carbocycles. The average molecular weight is 358 g/mol. The first-order valence-electron chi connectivity index (χ1n) is 7.01. The number of hydrogen-bond donors (Lipinski definition) is 2. The molecule has 0 bridgehead atoms. The lowest BCUT2D eigenvalue weighted by atomic mass is 10.2. The summed E-state index contributed by atoms with van der Waals surface area (Å²) in [6.45, 7) is 0. The third-order valence-electron chi connectivity index (χ3n) is 3.39. The van der Waals surface area contributed by atoms with E-state index in [0.29, 0.717) is 0 Å². The summed E-state index contributed by atoms with van der Waals surface area (Å²) in [6.07, 6.45) is 0. The Balaban J connectivity index is 1.53. The molecular weight excluding hydrogens is 346 g/mol. The zero-order valence-corrected chi connectivity index (χ0v) is 14.3. The van der Waals surface area contributed by atoms with E-state index in [-0.39, 0.29) is 0 Å². The highest BCUT2D eigenvalue weighted by molar-refractivity contribution is 7.23. The maximum atomic E-state index is 6.42. The van der Waals surface area contributed by atoms with E-state index in [9.17, 15) is 0 Å². The summed E-state index contributed by atoms with van der Waals surface area (Å²) in [5.74, 6) is 0. The third-order valence-corrected chi connectivity index (χ3v) is 5.74. The van der Waals surface area contributed by atoms with E-state index in [2.05, 4.69) is 34.0 Å². The molecule has 2 aromatic heterocycles. The van der Waals surface area contributed by atoms with Crippen molar-refractivity contribution in [1.82, 2.24) is 4.98 Å². The lowest BCUT2D eigenvalue weighted by Gasteiger charge is -2.04. The van der Waals surface area contributed by atoms with Crippen molar-refractivity contribution >= 4 is 54.5 Å². The van der Waals surface area contributed by atoms with Gasteiger partial charge >= 0.3 is 0 Å². The Morgan fingerprint density at radius 3 is 2.52 bits per heavy atom. The molecule has 4 aromatic rings. The van der Waals surface area contributed by atoms with Gasteiger partial charge in [-0.2, -0.15) is 0 Å². The van der Waals surface area contributed by atoms with Crippen LogP contribution in [0, 0.1) is 0 Å². The van der Waals surface area contributed by atoms with Gasteiger partial charge in [-0.1, -0.05) is 60.1 Å². The van der Waals surface area contributed by atoms with Crippen LogP contribution in [0.15, 0.2) is 60.0 Å². The molecule has 0 aliphatic heterocycles. The molecule has 2 N–H and O–H groups in total. The van der Waals surface area contributed by atoms with Gasteiger partial charge in [-0.05, 0) is 6.07 Å². The van der Waals surface area contributed by atoms with Crippen LogP contribution in [-0.4, -0.2) is 4.98 Å². The Labute approximate surface area is 146 Å². The van der Waals surface area contributed by atoms with Crippen molar-refractivity contribution in [3.05, 3.63) is 65.0 Å². The molecule has 2 aromatic carbocycles. The molecular formula is C17H12ClN3S2. The van der Waals surface area contributed by atoms with Gasteiger partial charge in [0.25, 0.3) is 0 Å². The molecule has 0 spiro atoms. The molecule has 0 fully saturated rings. The van der Waals surface area contributed by atoms with Gasteiger partial charge in [0.15, 0.2) is 0 Å². The highest BCUT2D eigenvalue weighted by Gasteiger charge is 2.10. The Morgan fingerprint density at radius 2 is 1.70 bits per heavy atom. The Bertz CT molecular complexity index is 947. The van der Waals surface area contributed by atoms with E-state index in [1.54, 1.807) is 22.7 Å². The molecule has 3 nitrogen and oxygen atoms in total. The topological polar surface area (TPSA) is 37.0 Å². The number of rotatable bonds is 4. The maximum absolute atomic E-state index is 6.42. The fourth-order valence-corrected chi connectivity index (χ4v) is 4.28. The fourth-order valence-electron chi connectivity index (χ4n) is 2.28. The largest absolute Gasteiger partial charge is 0.288 e. The SMILES string of the molecule is Clc1c(NNc2nc(-c3ccccc3)cs2)sc2ccccc12. The third kappa shape index (κ3) is 2.91. The molecule has 6 heteroatoms. The molecule has 0 saturated carbocycles. The van der Waals surface area contributed by atoms with Crippen molar-refractivity contribution in [1.29, 1.82) is 0 Å². The lowest BCUT2D eigenvalue weighted by Crippen LogP contribution is -2.07. The minimum Gasteiger partial charge on any atom is -0.288 e. The van der Waals surface area contributed by atoms with E-state index in [1.807, 2.05) is 41.8 Å². The molecule has 0 radical (unpaired) electrons. The molecule has 0 saturated heterocycles. The van der Waals surface area contributed by atoms with E-state index in [1.165, 1.54) is 0 Å². The monoisotopic (exact) mass is 357 g/mol. The van der Waals surface area contributed by atoms with E-state index in [4.69, 9.17) is 11.6 Å². The average Bonchev–Trinajstić information content (AvgIpc) is 3.19. The molecule has 114 valence electrons. The van der Waals surface area contributed by atoms with Crippen LogP contribution in [0.2, 0.25) is 5.02 Å². The molecule has 23 heavy (non-hydrogen) atoms. The molecule has 0 amide bonds. The number of nitrogens with one attached hydrogen (secondary N) is 2. The van der Waals surface area contributed by atoms with Gasteiger partial charge in [0.2, 0.25) is 5.13 Å². The Hall–Kier alpha value is -2.08. The number of fused-ring (bicyclic) bond motifs is 1. The Kier molecular flexibility index (Phi) is 3.91. The minimum absolute atomic E-state index is 0.734. The summed E-state index contributed by atoms with van der Waals surface area (Å²) >= 11 is 9.59. The number of aromatic nitrogens is 1. The number of nitrogens with zero attached hydrogens (tertiary/aromatic N) is 1. The second kappa shape index (κ2) is 6.20. The van der Waals surface area contributed by atoms with Gasteiger partial charge < -0.3 is 0 Å². The number of thiazole rings is 1. The van der Waals surface area contributed by atoms with E-state index < -0.39 is 0 Å². The van der Waals surface area contributed by atoms with Crippen molar-refractivity contribution in [2.45, 2.75) is 0 Å². The number of hydrogen-bond acceptors (Lipinski definition) is 5. The van der Waals surface area contributed by atoms with Crippen LogP contribution in [0.4, 0.5) is 10.1 Å². The van der Waals surface area contributed by atoms with Crippen molar-refractivity contribution < 1.29 is 0 Å². The summed E-state index contributed by atoms with van der Waals surface area (Å²) in [7, 11) is 0. The molecule has 0 aliphatic rings. The second-order valence-corrected chi connectivity index (χ2v) is 7.18.